The molecule has 0 fully saturated rings. The van der Waals surface area contributed by atoms with E-state index < -0.39 is 5.97 Å². The van der Waals surface area contributed by atoms with E-state index in [0.29, 0.717) is 16.1 Å². The van der Waals surface area contributed by atoms with Gasteiger partial charge < -0.3 is 10.4 Å². The number of hydrogen-bond acceptors (Lipinski definition) is 3. The number of carbonyl (C=O) groups is 1. The lowest BCUT2D eigenvalue weighted by molar-refractivity contribution is 0.0697. The van der Waals surface area contributed by atoms with Crippen molar-refractivity contribution in [1.29, 1.82) is 0 Å². The number of aromatic nitrogens is 2. The highest BCUT2D eigenvalue weighted by atomic mass is 79.9. The molecule has 1 aromatic heterocycles. The Hall–Kier alpha value is -1.73. The van der Waals surface area contributed by atoms with Gasteiger partial charge in [-0.05, 0) is 34.1 Å². The summed E-state index contributed by atoms with van der Waals surface area (Å²) in [5.74, 6) is -0.627. The van der Waals surface area contributed by atoms with Crippen molar-refractivity contribution < 1.29 is 9.90 Å². The second kappa shape index (κ2) is 5.10. The molecule has 2 aromatic rings. The van der Waals surface area contributed by atoms with Gasteiger partial charge in [0.2, 0.25) is 0 Å². The normalized spacial score (nSPS) is 10.5. The molecule has 8 heteroatoms. The number of aromatic carboxylic acids is 1. The molecule has 0 aliphatic heterocycles. The van der Waals surface area contributed by atoms with Crippen LogP contribution in [0, 0.1) is 0 Å². The first kappa shape index (κ1) is 13.7. The van der Waals surface area contributed by atoms with E-state index in [1.165, 1.54) is 16.7 Å². The molecule has 0 atom stereocenters. The van der Waals surface area contributed by atoms with Crippen LogP contribution in [0.2, 0.25) is 5.02 Å². The Kier molecular flexibility index (Phi) is 3.68. The highest BCUT2D eigenvalue weighted by Crippen LogP contribution is 2.26. The molecule has 6 nitrogen and oxygen atoms in total. The second-order valence-electron chi connectivity index (χ2n) is 3.78. The van der Waals surface area contributed by atoms with E-state index in [4.69, 9.17) is 16.7 Å². The van der Waals surface area contributed by atoms with Crippen LogP contribution in [0.3, 0.4) is 0 Å². The Morgan fingerprint density at radius 3 is 2.68 bits per heavy atom. The number of anilines is 2. The number of H-pyrrole nitrogens is 1. The molecule has 0 aliphatic rings. The van der Waals surface area contributed by atoms with Crippen LogP contribution >= 0.6 is 27.5 Å². The number of nitrogens with one attached hydrogen (secondary N) is 2. The zero-order valence-corrected chi connectivity index (χ0v) is 12.0. The minimum absolute atomic E-state index is 0.0211. The molecular weight excluding hydrogens is 337 g/mol. The molecule has 0 radical (unpaired) electrons. The first-order chi connectivity index (χ1) is 8.90. The first-order valence-electron chi connectivity index (χ1n) is 5.14. The summed E-state index contributed by atoms with van der Waals surface area (Å²) in [5, 5.41) is 11.9. The Balaban J connectivity index is 2.34. The third-order valence-electron chi connectivity index (χ3n) is 2.51. The SMILES string of the molecule is Cn1c(Br)c(Nc2ccc(C(=O)O)c(Cl)c2)[nH]c1=O. The van der Waals surface area contributed by atoms with E-state index in [-0.39, 0.29) is 16.3 Å². The van der Waals surface area contributed by atoms with Gasteiger partial charge in [0, 0.05) is 12.7 Å². The van der Waals surface area contributed by atoms with Gasteiger partial charge in [0.05, 0.1) is 10.6 Å². The second-order valence-corrected chi connectivity index (χ2v) is 4.94. The predicted molar refractivity (Wildman–Crippen MR) is 75.4 cm³/mol. The van der Waals surface area contributed by atoms with Crippen molar-refractivity contribution in [1.82, 2.24) is 9.55 Å². The van der Waals surface area contributed by atoms with Crippen LogP contribution in [0.5, 0.6) is 0 Å². The molecule has 0 aliphatic carbocycles. The van der Waals surface area contributed by atoms with Crippen LogP contribution in [0.15, 0.2) is 27.6 Å². The Morgan fingerprint density at radius 2 is 2.21 bits per heavy atom. The van der Waals surface area contributed by atoms with Gasteiger partial charge in [-0.3, -0.25) is 9.55 Å². The lowest BCUT2D eigenvalue weighted by Gasteiger charge is -2.06. The smallest absolute Gasteiger partial charge is 0.337 e. The number of halogens is 2. The Labute approximate surface area is 121 Å². The van der Waals surface area contributed by atoms with Gasteiger partial charge in [0.15, 0.2) is 0 Å². The molecule has 2 rings (SSSR count). The molecule has 100 valence electrons. The number of imidazole rings is 1. The zero-order chi connectivity index (χ0) is 14.2. The number of rotatable bonds is 3. The fraction of sp³-hybridized carbons (Fsp3) is 0.0909. The number of nitrogens with zero attached hydrogens (tertiary/aromatic N) is 1. The third kappa shape index (κ3) is 2.66. The van der Waals surface area contributed by atoms with E-state index in [9.17, 15) is 9.59 Å². The minimum Gasteiger partial charge on any atom is -0.478 e. The summed E-state index contributed by atoms with van der Waals surface area (Å²) in [7, 11) is 1.61. The maximum absolute atomic E-state index is 11.4. The summed E-state index contributed by atoms with van der Waals surface area (Å²) in [4.78, 5) is 24.8. The van der Waals surface area contributed by atoms with Crippen molar-refractivity contribution in [3.05, 3.63) is 43.9 Å². The van der Waals surface area contributed by atoms with Crippen molar-refractivity contribution in [2.24, 2.45) is 7.05 Å². The van der Waals surface area contributed by atoms with E-state index in [1.807, 2.05) is 0 Å². The van der Waals surface area contributed by atoms with Crippen molar-refractivity contribution in [3.8, 4) is 0 Å². The topological polar surface area (TPSA) is 87.1 Å². The minimum atomic E-state index is -1.09. The fourth-order valence-electron chi connectivity index (χ4n) is 1.49. The van der Waals surface area contributed by atoms with Gasteiger partial charge in [-0.2, -0.15) is 0 Å². The van der Waals surface area contributed by atoms with Gasteiger partial charge in [-0.25, -0.2) is 9.59 Å². The molecule has 1 aromatic carbocycles. The van der Waals surface area contributed by atoms with Gasteiger partial charge in [-0.15, -0.1) is 0 Å². The van der Waals surface area contributed by atoms with E-state index >= 15 is 0 Å². The maximum Gasteiger partial charge on any atom is 0.337 e. The van der Waals surface area contributed by atoms with E-state index in [2.05, 4.69) is 26.2 Å². The van der Waals surface area contributed by atoms with Crippen LogP contribution < -0.4 is 11.0 Å². The number of carboxylic acid groups (broad SMARTS) is 1. The molecule has 0 saturated carbocycles. The molecule has 0 amide bonds. The average molecular weight is 347 g/mol. The van der Waals surface area contributed by atoms with Gasteiger partial charge >= 0.3 is 11.7 Å². The Morgan fingerprint density at radius 1 is 1.53 bits per heavy atom. The summed E-state index contributed by atoms with van der Waals surface area (Å²) in [6, 6.07) is 4.43. The maximum atomic E-state index is 11.4. The molecule has 0 bridgehead atoms. The molecular formula is C11H9BrClN3O3. The number of hydrogen-bond donors (Lipinski definition) is 3. The number of aromatic amines is 1. The first-order valence-corrected chi connectivity index (χ1v) is 6.31. The standard InChI is InChI=1S/C11H9BrClN3O3/c1-16-8(12)9(15-11(16)19)14-5-2-3-6(10(17)18)7(13)4-5/h2-4,14H,1H3,(H,15,19)(H,17,18). The molecule has 0 saturated heterocycles. The third-order valence-corrected chi connectivity index (χ3v) is 3.75. The van der Waals surface area contributed by atoms with Crippen molar-refractivity contribution in [2.45, 2.75) is 0 Å². The summed E-state index contributed by atoms with van der Waals surface area (Å²) in [5.41, 5.74) is 0.313. The van der Waals surface area contributed by atoms with Crippen LogP contribution in [-0.2, 0) is 7.05 Å². The summed E-state index contributed by atoms with van der Waals surface area (Å²) in [6.07, 6.45) is 0. The number of carboxylic acids is 1. The summed E-state index contributed by atoms with van der Waals surface area (Å²) < 4.78 is 1.94. The quantitative estimate of drug-likeness (QED) is 0.797. The highest BCUT2D eigenvalue weighted by molar-refractivity contribution is 9.10. The predicted octanol–water partition coefficient (Wildman–Crippen LogP) is 2.57. The van der Waals surface area contributed by atoms with Gasteiger partial charge in [-0.1, -0.05) is 11.6 Å². The molecule has 0 spiro atoms. The highest BCUT2D eigenvalue weighted by Gasteiger charge is 2.11. The van der Waals surface area contributed by atoms with Crippen molar-refractivity contribution in [3.63, 3.8) is 0 Å². The Bertz CT molecular complexity index is 708. The summed E-state index contributed by atoms with van der Waals surface area (Å²) in [6.45, 7) is 0. The average Bonchev–Trinajstić information content (AvgIpc) is 2.57. The van der Waals surface area contributed by atoms with Gasteiger partial charge in [0.1, 0.15) is 10.4 Å². The molecule has 19 heavy (non-hydrogen) atoms. The summed E-state index contributed by atoms with van der Waals surface area (Å²) >= 11 is 9.11. The number of benzene rings is 1. The van der Waals surface area contributed by atoms with Crippen molar-refractivity contribution >= 4 is 45.0 Å². The largest absolute Gasteiger partial charge is 0.478 e. The van der Waals surface area contributed by atoms with Crippen molar-refractivity contribution in [2.75, 3.05) is 5.32 Å². The molecule has 1 heterocycles. The van der Waals surface area contributed by atoms with Crippen LogP contribution in [0.4, 0.5) is 11.5 Å². The van der Waals surface area contributed by atoms with Crippen LogP contribution in [0.1, 0.15) is 10.4 Å². The zero-order valence-electron chi connectivity index (χ0n) is 9.70. The van der Waals surface area contributed by atoms with Crippen LogP contribution in [0.25, 0.3) is 0 Å². The lowest BCUT2D eigenvalue weighted by atomic mass is 10.2. The monoisotopic (exact) mass is 345 g/mol. The van der Waals surface area contributed by atoms with Crippen LogP contribution in [-0.4, -0.2) is 20.6 Å². The van der Waals surface area contributed by atoms with E-state index in [1.54, 1.807) is 13.1 Å². The lowest BCUT2D eigenvalue weighted by Crippen LogP contribution is -2.12. The van der Waals surface area contributed by atoms with Gasteiger partial charge in [0.25, 0.3) is 0 Å². The molecule has 3 N–H and O–H groups in total. The fourth-order valence-corrected chi connectivity index (χ4v) is 2.11. The molecule has 0 unspecified atom stereocenters. The van der Waals surface area contributed by atoms with E-state index in [0.717, 1.165) is 0 Å².